The Morgan fingerprint density at radius 2 is 1.67 bits per heavy atom. The zero-order valence-corrected chi connectivity index (χ0v) is 12.1. The van der Waals surface area contributed by atoms with Crippen LogP contribution in [-0.4, -0.2) is 5.78 Å². The molecule has 118 valence electrons. The molecule has 0 aliphatic carbocycles. The minimum atomic E-state index is -4.57. The first kappa shape index (κ1) is 17.7. The first-order valence-corrected chi connectivity index (χ1v) is 7.26. The molecule has 1 nitrogen and oxygen atoms in total. The van der Waals surface area contributed by atoms with Crippen LogP contribution in [0.5, 0.6) is 0 Å². The quantitative estimate of drug-likeness (QED) is 0.338. The van der Waals surface area contributed by atoms with Crippen molar-refractivity contribution in [1.82, 2.24) is 0 Å². The zero-order valence-electron chi connectivity index (χ0n) is 12.1. The highest BCUT2D eigenvalue weighted by Crippen LogP contribution is 2.30. The lowest BCUT2D eigenvalue weighted by Gasteiger charge is -2.09. The van der Waals surface area contributed by atoms with Gasteiger partial charge in [-0.25, -0.2) is 4.39 Å². The van der Waals surface area contributed by atoms with Gasteiger partial charge in [-0.05, 0) is 24.6 Å². The predicted octanol–water partition coefficient (Wildman–Crippen LogP) is 5.78. The molecule has 0 aliphatic rings. The number of carbonyl (C=O) groups excluding carboxylic acids is 1. The third-order valence-electron chi connectivity index (χ3n) is 3.35. The van der Waals surface area contributed by atoms with Gasteiger partial charge < -0.3 is 0 Å². The summed E-state index contributed by atoms with van der Waals surface area (Å²) in [7, 11) is 0. The van der Waals surface area contributed by atoms with E-state index in [0.29, 0.717) is 24.6 Å². The summed E-state index contributed by atoms with van der Waals surface area (Å²) in [4.78, 5) is 11.8. The van der Waals surface area contributed by atoms with E-state index in [4.69, 9.17) is 0 Å². The molecular weight excluding hydrogens is 284 g/mol. The molecule has 0 heterocycles. The summed E-state index contributed by atoms with van der Waals surface area (Å²) < 4.78 is 51.2. The van der Waals surface area contributed by atoms with Crippen molar-refractivity contribution in [3.05, 3.63) is 35.1 Å². The van der Waals surface area contributed by atoms with Crippen molar-refractivity contribution in [2.75, 3.05) is 0 Å². The number of ketones is 1. The molecular formula is C16H20F4O. The summed E-state index contributed by atoms with van der Waals surface area (Å²) >= 11 is 0. The second-order valence-corrected chi connectivity index (χ2v) is 5.13. The van der Waals surface area contributed by atoms with Crippen molar-refractivity contribution in [3.63, 3.8) is 0 Å². The molecule has 1 rings (SSSR count). The number of halogens is 4. The van der Waals surface area contributed by atoms with Crippen molar-refractivity contribution in [3.8, 4) is 0 Å². The molecule has 0 spiro atoms. The van der Waals surface area contributed by atoms with Crippen LogP contribution in [0.1, 0.15) is 67.8 Å². The van der Waals surface area contributed by atoms with Crippen molar-refractivity contribution >= 4 is 5.78 Å². The maximum absolute atomic E-state index is 13.5. The lowest BCUT2D eigenvalue weighted by Crippen LogP contribution is -2.09. The maximum atomic E-state index is 13.5. The molecule has 1 aromatic carbocycles. The molecule has 0 saturated carbocycles. The highest BCUT2D eigenvalue weighted by molar-refractivity contribution is 5.96. The first-order chi connectivity index (χ1) is 9.86. The monoisotopic (exact) mass is 304 g/mol. The fraction of sp³-hybridized carbons (Fsp3) is 0.562. The fourth-order valence-corrected chi connectivity index (χ4v) is 2.12. The largest absolute Gasteiger partial charge is 0.416 e. The number of rotatable bonds is 8. The van der Waals surface area contributed by atoms with Crippen LogP contribution in [0.3, 0.4) is 0 Å². The summed E-state index contributed by atoms with van der Waals surface area (Å²) in [6, 6.07) is 1.96. The minimum absolute atomic E-state index is 0.0877. The Hall–Kier alpha value is -1.39. The number of benzene rings is 1. The van der Waals surface area contributed by atoms with E-state index in [1.54, 1.807) is 0 Å². The van der Waals surface area contributed by atoms with Gasteiger partial charge in [0.25, 0.3) is 0 Å². The Labute approximate surface area is 122 Å². The van der Waals surface area contributed by atoms with Gasteiger partial charge in [0.15, 0.2) is 5.78 Å². The average molecular weight is 304 g/mol. The second-order valence-electron chi connectivity index (χ2n) is 5.13. The molecule has 0 amide bonds. The number of unbranched alkanes of at least 4 members (excludes halogenated alkanes) is 5. The van der Waals surface area contributed by atoms with Crippen molar-refractivity contribution in [1.29, 1.82) is 0 Å². The van der Waals surface area contributed by atoms with E-state index in [1.807, 2.05) is 0 Å². The van der Waals surface area contributed by atoms with Crippen LogP contribution in [0, 0.1) is 5.82 Å². The molecule has 0 aliphatic heterocycles. The van der Waals surface area contributed by atoms with Crippen LogP contribution < -0.4 is 0 Å². The lowest BCUT2D eigenvalue weighted by molar-refractivity contribution is -0.137. The second kappa shape index (κ2) is 8.15. The van der Waals surface area contributed by atoms with Gasteiger partial charge in [-0.1, -0.05) is 39.0 Å². The zero-order chi connectivity index (χ0) is 15.9. The number of carbonyl (C=O) groups is 1. The summed E-state index contributed by atoms with van der Waals surface area (Å²) in [5.74, 6) is -1.45. The van der Waals surface area contributed by atoms with Crippen molar-refractivity contribution < 1.29 is 22.4 Å². The van der Waals surface area contributed by atoms with Gasteiger partial charge in [0.2, 0.25) is 0 Å². The molecule has 0 N–H and O–H groups in total. The molecule has 0 fully saturated rings. The number of hydrogen-bond acceptors (Lipinski definition) is 1. The highest BCUT2D eigenvalue weighted by Gasteiger charge is 2.31. The summed E-state index contributed by atoms with van der Waals surface area (Å²) in [6.45, 7) is 2.10. The van der Waals surface area contributed by atoms with E-state index in [0.717, 1.165) is 32.1 Å². The van der Waals surface area contributed by atoms with Gasteiger partial charge in [-0.2, -0.15) is 13.2 Å². The van der Waals surface area contributed by atoms with Crippen LogP contribution in [-0.2, 0) is 6.18 Å². The van der Waals surface area contributed by atoms with E-state index >= 15 is 0 Å². The predicted molar refractivity (Wildman–Crippen MR) is 73.7 cm³/mol. The smallest absolute Gasteiger partial charge is 0.294 e. The number of alkyl halides is 3. The van der Waals surface area contributed by atoms with E-state index in [-0.39, 0.29) is 6.42 Å². The molecule has 0 unspecified atom stereocenters. The molecule has 21 heavy (non-hydrogen) atoms. The summed E-state index contributed by atoms with van der Waals surface area (Å²) in [5.41, 5.74) is -1.45. The Morgan fingerprint density at radius 3 is 2.29 bits per heavy atom. The molecule has 0 aromatic heterocycles. The van der Waals surface area contributed by atoms with Crippen LogP contribution in [0.4, 0.5) is 17.6 Å². The van der Waals surface area contributed by atoms with Crippen molar-refractivity contribution in [2.45, 2.75) is 58.0 Å². The first-order valence-electron chi connectivity index (χ1n) is 7.26. The standard InChI is InChI=1S/C16H20F4O/c1-2-3-4-5-6-7-8-15(21)13-11-12(16(18,19)20)9-10-14(13)17/h9-11H,2-8H2,1H3. The Balaban J connectivity index is 2.57. The van der Waals surface area contributed by atoms with Gasteiger partial charge in [0, 0.05) is 6.42 Å². The van der Waals surface area contributed by atoms with Crippen LogP contribution in [0.2, 0.25) is 0 Å². The van der Waals surface area contributed by atoms with E-state index in [9.17, 15) is 22.4 Å². The third-order valence-corrected chi connectivity index (χ3v) is 3.35. The van der Waals surface area contributed by atoms with Gasteiger partial charge in [-0.3, -0.25) is 4.79 Å². The van der Waals surface area contributed by atoms with Crippen LogP contribution in [0.15, 0.2) is 18.2 Å². The van der Waals surface area contributed by atoms with Gasteiger partial charge >= 0.3 is 6.18 Å². The molecule has 0 radical (unpaired) electrons. The minimum Gasteiger partial charge on any atom is -0.294 e. The average Bonchev–Trinajstić information content (AvgIpc) is 2.41. The van der Waals surface area contributed by atoms with E-state index in [2.05, 4.69) is 6.92 Å². The maximum Gasteiger partial charge on any atom is 0.416 e. The normalized spacial score (nSPS) is 11.7. The number of Topliss-reactive ketones (excluding diaryl/α,β-unsaturated/α-hetero) is 1. The van der Waals surface area contributed by atoms with Crippen molar-refractivity contribution in [2.24, 2.45) is 0 Å². The topological polar surface area (TPSA) is 17.1 Å². The van der Waals surface area contributed by atoms with Gasteiger partial charge in [0.05, 0.1) is 11.1 Å². The van der Waals surface area contributed by atoms with Gasteiger partial charge in [-0.15, -0.1) is 0 Å². The van der Waals surface area contributed by atoms with E-state index < -0.39 is 28.9 Å². The molecule has 1 aromatic rings. The Bertz CT molecular complexity index is 466. The molecule has 0 atom stereocenters. The molecule has 5 heteroatoms. The lowest BCUT2D eigenvalue weighted by atomic mass is 10.0. The summed E-state index contributed by atoms with van der Waals surface area (Å²) in [6.07, 6.45) is 1.27. The van der Waals surface area contributed by atoms with E-state index in [1.165, 1.54) is 0 Å². The van der Waals surface area contributed by atoms with Crippen LogP contribution >= 0.6 is 0 Å². The fourth-order valence-electron chi connectivity index (χ4n) is 2.12. The SMILES string of the molecule is CCCCCCCCC(=O)c1cc(C(F)(F)F)ccc1F. The highest BCUT2D eigenvalue weighted by atomic mass is 19.4. The summed E-state index contributed by atoms with van der Waals surface area (Å²) in [5, 5.41) is 0. The molecule has 0 saturated heterocycles. The third kappa shape index (κ3) is 5.86. The van der Waals surface area contributed by atoms with Crippen LogP contribution in [0.25, 0.3) is 0 Å². The number of hydrogen-bond donors (Lipinski definition) is 0. The molecule has 0 bridgehead atoms. The Kier molecular flexibility index (Phi) is 6.85. The van der Waals surface area contributed by atoms with Gasteiger partial charge in [0.1, 0.15) is 5.82 Å². The Morgan fingerprint density at radius 1 is 1.05 bits per heavy atom.